The predicted molar refractivity (Wildman–Crippen MR) is 154 cm³/mol. The molecule has 0 saturated heterocycles. The van der Waals surface area contributed by atoms with Gasteiger partial charge >= 0.3 is 5.97 Å². The number of anilines is 1. The van der Waals surface area contributed by atoms with Gasteiger partial charge in [0.2, 0.25) is 0 Å². The van der Waals surface area contributed by atoms with Gasteiger partial charge in [0, 0.05) is 39.8 Å². The number of ether oxygens (including phenoxy) is 2. The lowest BCUT2D eigenvalue weighted by atomic mass is 10.0. The van der Waals surface area contributed by atoms with Gasteiger partial charge in [-0.3, -0.25) is 10.1 Å². The highest BCUT2D eigenvalue weighted by Gasteiger charge is 2.19. The molecular formula is C28H30Cl2N2O5S. The molecule has 0 bridgehead atoms. The number of thiazole rings is 1. The third-order valence-corrected chi connectivity index (χ3v) is 7.23. The Hall–Kier alpha value is -2.91. The molecule has 3 aromatic rings. The zero-order valence-electron chi connectivity index (χ0n) is 21.6. The van der Waals surface area contributed by atoms with Crippen LogP contribution >= 0.6 is 34.5 Å². The summed E-state index contributed by atoms with van der Waals surface area (Å²) in [5.74, 6) is -0.859. The maximum Gasteiger partial charge on any atom is 0.331 e. The molecule has 3 rings (SSSR count). The SMILES string of the molecule is CCCCCO[C@H](C)c1cccc(-c2csc(NC(=O)c3cc(Cl)c(/C=C(\C)C(=O)O)c(Cl)c3)n2)c1OC. The van der Waals surface area contributed by atoms with Crippen LogP contribution in [0, 0.1) is 0 Å². The Morgan fingerprint density at radius 1 is 1.21 bits per heavy atom. The molecule has 0 aliphatic carbocycles. The second-order valence-corrected chi connectivity index (χ2v) is 10.3. The molecule has 0 aliphatic heterocycles. The van der Waals surface area contributed by atoms with Gasteiger partial charge in [0.15, 0.2) is 5.13 Å². The maximum absolute atomic E-state index is 12.9. The first-order valence-corrected chi connectivity index (χ1v) is 13.8. The average molecular weight is 578 g/mol. The number of aliphatic carboxylic acids is 1. The summed E-state index contributed by atoms with van der Waals surface area (Å²) in [5, 5.41) is 14.4. The van der Waals surface area contributed by atoms with E-state index in [9.17, 15) is 9.59 Å². The maximum atomic E-state index is 12.9. The van der Waals surface area contributed by atoms with Gasteiger partial charge in [0.05, 0.1) is 29.0 Å². The molecule has 0 spiro atoms. The summed E-state index contributed by atoms with van der Waals surface area (Å²) in [5.41, 5.74) is 2.99. The third kappa shape index (κ3) is 7.35. The van der Waals surface area contributed by atoms with Gasteiger partial charge in [-0.15, -0.1) is 11.3 Å². The highest BCUT2D eigenvalue weighted by atomic mass is 35.5. The smallest absolute Gasteiger partial charge is 0.331 e. The van der Waals surface area contributed by atoms with Crippen LogP contribution in [0.25, 0.3) is 17.3 Å². The Morgan fingerprint density at radius 2 is 1.92 bits per heavy atom. The van der Waals surface area contributed by atoms with Gasteiger partial charge in [0.25, 0.3) is 5.91 Å². The van der Waals surface area contributed by atoms with E-state index < -0.39 is 11.9 Å². The van der Waals surface area contributed by atoms with Crippen LogP contribution in [0.4, 0.5) is 5.13 Å². The number of hydrogen-bond acceptors (Lipinski definition) is 6. The quantitative estimate of drug-likeness (QED) is 0.167. The van der Waals surface area contributed by atoms with Crippen molar-refractivity contribution in [3.05, 3.63) is 68.0 Å². The van der Waals surface area contributed by atoms with Gasteiger partial charge in [-0.1, -0.05) is 55.1 Å². The fraction of sp³-hybridized carbons (Fsp3) is 0.321. The molecule has 1 aromatic heterocycles. The Morgan fingerprint density at radius 3 is 2.55 bits per heavy atom. The summed E-state index contributed by atoms with van der Waals surface area (Å²) < 4.78 is 11.8. The van der Waals surface area contributed by atoms with E-state index in [0.717, 1.165) is 30.4 Å². The first-order valence-electron chi connectivity index (χ1n) is 12.1. The van der Waals surface area contributed by atoms with E-state index in [1.807, 2.05) is 30.5 Å². The molecule has 0 radical (unpaired) electrons. The van der Waals surface area contributed by atoms with E-state index in [0.29, 0.717) is 28.7 Å². The first-order chi connectivity index (χ1) is 18.2. The first kappa shape index (κ1) is 29.6. The van der Waals surface area contributed by atoms with E-state index in [1.165, 1.54) is 36.5 Å². The van der Waals surface area contributed by atoms with Crippen molar-refractivity contribution in [3.63, 3.8) is 0 Å². The Labute approximate surface area is 236 Å². The number of amides is 1. The highest BCUT2D eigenvalue weighted by molar-refractivity contribution is 7.14. The summed E-state index contributed by atoms with van der Waals surface area (Å²) in [6.07, 6.45) is 4.48. The van der Waals surface area contributed by atoms with Crippen LogP contribution in [0.15, 0.2) is 41.3 Å². The van der Waals surface area contributed by atoms with Gasteiger partial charge in [-0.05, 0) is 44.5 Å². The average Bonchev–Trinajstić information content (AvgIpc) is 3.35. The van der Waals surface area contributed by atoms with Crippen LogP contribution in [0.3, 0.4) is 0 Å². The number of carboxylic acid groups (broad SMARTS) is 1. The number of nitrogens with zero attached hydrogens (tertiary/aromatic N) is 1. The summed E-state index contributed by atoms with van der Waals surface area (Å²) in [6.45, 7) is 6.27. The molecule has 7 nitrogen and oxygen atoms in total. The summed E-state index contributed by atoms with van der Waals surface area (Å²) in [7, 11) is 1.62. The predicted octanol–water partition coefficient (Wildman–Crippen LogP) is 8.13. The third-order valence-electron chi connectivity index (χ3n) is 5.84. The number of rotatable bonds is 12. The number of unbranched alkanes of at least 4 members (excludes halogenated alkanes) is 2. The highest BCUT2D eigenvalue weighted by Crippen LogP contribution is 2.38. The van der Waals surface area contributed by atoms with Gasteiger partial charge in [0.1, 0.15) is 5.75 Å². The number of carboxylic acids is 1. The number of carbonyl (C=O) groups is 2. The summed E-state index contributed by atoms with van der Waals surface area (Å²) in [4.78, 5) is 28.6. The molecule has 0 saturated carbocycles. The number of carbonyl (C=O) groups excluding carboxylic acids is 1. The van der Waals surface area contributed by atoms with Crippen molar-refractivity contribution in [3.8, 4) is 17.0 Å². The van der Waals surface area contributed by atoms with E-state index >= 15 is 0 Å². The Bertz CT molecular complexity index is 1320. The summed E-state index contributed by atoms with van der Waals surface area (Å²) in [6, 6.07) is 8.70. The molecule has 202 valence electrons. The van der Waals surface area contributed by atoms with Crippen LogP contribution in [0.5, 0.6) is 5.75 Å². The topological polar surface area (TPSA) is 97.8 Å². The molecule has 2 N–H and O–H groups in total. The van der Waals surface area contributed by atoms with Crippen LogP contribution in [0.1, 0.15) is 67.6 Å². The minimum Gasteiger partial charge on any atom is -0.496 e. The van der Waals surface area contributed by atoms with Crippen molar-refractivity contribution < 1.29 is 24.2 Å². The molecule has 10 heteroatoms. The molecule has 0 aliphatic rings. The number of aromatic nitrogens is 1. The Kier molecular flexibility index (Phi) is 10.7. The number of nitrogens with one attached hydrogen (secondary N) is 1. The van der Waals surface area contributed by atoms with Crippen molar-refractivity contribution in [2.45, 2.75) is 46.1 Å². The number of para-hydroxylation sites is 1. The zero-order chi connectivity index (χ0) is 27.8. The van der Waals surface area contributed by atoms with Crippen LogP contribution in [-0.4, -0.2) is 35.7 Å². The molecular weight excluding hydrogens is 547 g/mol. The van der Waals surface area contributed by atoms with Crippen LogP contribution in [-0.2, 0) is 9.53 Å². The zero-order valence-corrected chi connectivity index (χ0v) is 24.0. The molecule has 2 aromatic carbocycles. The van der Waals surface area contributed by atoms with Crippen molar-refractivity contribution in [1.82, 2.24) is 4.98 Å². The van der Waals surface area contributed by atoms with Gasteiger partial charge < -0.3 is 14.6 Å². The van der Waals surface area contributed by atoms with E-state index in [4.69, 9.17) is 37.8 Å². The van der Waals surface area contributed by atoms with E-state index in [1.54, 1.807) is 7.11 Å². The largest absolute Gasteiger partial charge is 0.496 e. The van der Waals surface area contributed by atoms with Crippen molar-refractivity contribution >= 4 is 57.6 Å². The fourth-order valence-electron chi connectivity index (χ4n) is 3.76. The monoisotopic (exact) mass is 576 g/mol. The number of methoxy groups -OCH3 is 1. The molecule has 1 heterocycles. The lowest BCUT2D eigenvalue weighted by Gasteiger charge is -2.18. The minimum atomic E-state index is -1.09. The van der Waals surface area contributed by atoms with E-state index in [2.05, 4.69) is 17.2 Å². The second-order valence-electron chi connectivity index (χ2n) is 8.63. The number of benzene rings is 2. The number of hydrogen-bond donors (Lipinski definition) is 2. The van der Waals surface area contributed by atoms with E-state index in [-0.39, 0.29) is 27.3 Å². The van der Waals surface area contributed by atoms with Crippen molar-refractivity contribution in [2.75, 3.05) is 19.0 Å². The summed E-state index contributed by atoms with van der Waals surface area (Å²) >= 11 is 13.9. The second kappa shape index (κ2) is 13.8. The molecule has 38 heavy (non-hydrogen) atoms. The normalized spacial score (nSPS) is 12.3. The lowest BCUT2D eigenvalue weighted by molar-refractivity contribution is -0.132. The molecule has 0 unspecified atom stereocenters. The Balaban J connectivity index is 1.79. The molecule has 1 atom stereocenters. The standard InChI is InChI=1S/C28H30Cl2N2O5S/c1-5-6-7-11-37-17(3)19-9-8-10-20(25(19)36-4)24-15-38-28(31-24)32-26(33)18-13-22(29)21(23(30)14-18)12-16(2)27(34)35/h8-10,12-15,17H,5-7,11H2,1-4H3,(H,34,35)(H,31,32,33)/b16-12+/t17-/m1/s1. The van der Waals surface area contributed by atoms with Gasteiger partial charge in [-0.2, -0.15) is 0 Å². The number of halogens is 2. The van der Waals surface area contributed by atoms with Crippen LogP contribution in [0.2, 0.25) is 10.0 Å². The lowest BCUT2D eigenvalue weighted by Crippen LogP contribution is -2.12. The minimum absolute atomic E-state index is 0.0678. The van der Waals surface area contributed by atoms with Crippen LogP contribution < -0.4 is 10.1 Å². The molecule has 1 amide bonds. The van der Waals surface area contributed by atoms with Gasteiger partial charge in [-0.25, -0.2) is 9.78 Å². The molecule has 0 fully saturated rings. The fourth-order valence-corrected chi connectivity index (χ4v) is 5.06. The van der Waals surface area contributed by atoms with Crippen molar-refractivity contribution in [2.24, 2.45) is 0 Å². The van der Waals surface area contributed by atoms with Crippen molar-refractivity contribution in [1.29, 1.82) is 0 Å².